The molecule has 0 N–H and O–H groups in total. The minimum Gasteiger partial charge on any atom is -0.451 e. The number of nitrogens with zero attached hydrogens (tertiary/aromatic N) is 2. The number of hydrogen-bond donors (Lipinski definition) is 0. The predicted octanol–water partition coefficient (Wildman–Crippen LogP) is 5.35. The zero-order valence-electron chi connectivity index (χ0n) is 14.6. The third-order valence-corrected chi connectivity index (χ3v) is 5.28. The molecule has 0 spiro atoms. The van der Waals surface area contributed by atoms with Crippen LogP contribution in [0, 0.1) is 13.8 Å². The van der Waals surface area contributed by atoms with Crippen LogP contribution < -0.4 is 4.90 Å². The van der Waals surface area contributed by atoms with Crippen LogP contribution in [0.4, 0.5) is 5.82 Å². The van der Waals surface area contributed by atoms with Gasteiger partial charge in [0.25, 0.3) is 5.91 Å². The number of anilines is 1. The van der Waals surface area contributed by atoms with Crippen LogP contribution in [-0.4, -0.2) is 10.9 Å². The molecular weight excluding hydrogens is 344 g/mol. The number of amides is 1. The van der Waals surface area contributed by atoms with Crippen LogP contribution >= 0.6 is 11.3 Å². The topological polar surface area (TPSA) is 46.3 Å². The number of aryl methyl sites for hydroxylation is 2. The van der Waals surface area contributed by atoms with Crippen LogP contribution in [0.2, 0.25) is 0 Å². The Labute approximate surface area is 155 Å². The Morgan fingerprint density at radius 1 is 1.12 bits per heavy atom. The van der Waals surface area contributed by atoms with Gasteiger partial charge in [0.15, 0.2) is 5.76 Å². The van der Waals surface area contributed by atoms with E-state index in [9.17, 15) is 4.79 Å². The van der Waals surface area contributed by atoms with Gasteiger partial charge in [0.05, 0.1) is 6.54 Å². The summed E-state index contributed by atoms with van der Waals surface area (Å²) < 4.78 is 5.91. The molecule has 0 aliphatic carbocycles. The van der Waals surface area contributed by atoms with Gasteiger partial charge in [-0.25, -0.2) is 4.98 Å². The van der Waals surface area contributed by atoms with Crippen LogP contribution in [0.5, 0.6) is 0 Å². The fraction of sp³-hybridized carbons (Fsp3) is 0.143. The summed E-state index contributed by atoms with van der Waals surface area (Å²) in [5.41, 5.74) is 2.53. The molecule has 0 saturated heterocycles. The molecule has 0 aliphatic heterocycles. The number of para-hydroxylation sites is 1. The maximum absolute atomic E-state index is 13.4. The van der Waals surface area contributed by atoms with Gasteiger partial charge in [0.2, 0.25) is 0 Å². The van der Waals surface area contributed by atoms with Crippen molar-refractivity contribution in [2.75, 3.05) is 4.90 Å². The largest absolute Gasteiger partial charge is 0.451 e. The van der Waals surface area contributed by atoms with Crippen molar-refractivity contribution in [3.63, 3.8) is 0 Å². The maximum Gasteiger partial charge on any atom is 0.295 e. The summed E-state index contributed by atoms with van der Waals surface area (Å²) in [6.45, 7) is 4.35. The second kappa shape index (κ2) is 6.77. The molecule has 3 heterocycles. The van der Waals surface area contributed by atoms with E-state index in [1.165, 1.54) is 0 Å². The standard InChI is InChI=1S/C21H18N2O2S/c1-14-7-5-11-22-20(14)23(13-16-8-6-12-26-16)21(24)19-15(2)17-9-3-4-10-18(17)25-19/h3-12H,13H2,1-2H3. The predicted molar refractivity (Wildman–Crippen MR) is 105 cm³/mol. The van der Waals surface area contributed by atoms with Gasteiger partial charge in [0.1, 0.15) is 11.4 Å². The third kappa shape index (κ3) is 2.91. The van der Waals surface area contributed by atoms with Crippen LogP contribution in [0.15, 0.2) is 64.5 Å². The zero-order chi connectivity index (χ0) is 18.1. The number of thiophene rings is 1. The second-order valence-corrected chi connectivity index (χ2v) is 7.20. The van der Waals surface area contributed by atoms with Crippen LogP contribution in [0.3, 0.4) is 0 Å². The molecule has 0 atom stereocenters. The molecule has 1 amide bonds. The van der Waals surface area contributed by atoms with Gasteiger partial charge in [-0.05, 0) is 43.0 Å². The molecule has 0 saturated carbocycles. The van der Waals surface area contributed by atoms with E-state index in [0.29, 0.717) is 18.1 Å². The summed E-state index contributed by atoms with van der Waals surface area (Å²) in [7, 11) is 0. The highest BCUT2D eigenvalue weighted by Crippen LogP contribution is 2.29. The first-order valence-electron chi connectivity index (χ1n) is 8.39. The van der Waals surface area contributed by atoms with Gasteiger partial charge < -0.3 is 4.42 Å². The van der Waals surface area contributed by atoms with E-state index in [1.54, 1.807) is 22.4 Å². The van der Waals surface area contributed by atoms with Crippen molar-refractivity contribution in [2.24, 2.45) is 0 Å². The van der Waals surface area contributed by atoms with Crippen LogP contribution in [0.1, 0.15) is 26.6 Å². The van der Waals surface area contributed by atoms with Gasteiger partial charge in [-0.3, -0.25) is 9.69 Å². The maximum atomic E-state index is 13.4. The number of rotatable bonds is 4. The molecule has 4 aromatic rings. The highest BCUT2D eigenvalue weighted by atomic mass is 32.1. The van der Waals surface area contributed by atoms with Crippen LogP contribution in [0.25, 0.3) is 11.0 Å². The first kappa shape index (κ1) is 16.5. The lowest BCUT2D eigenvalue weighted by Gasteiger charge is -2.22. The molecule has 0 unspecified atom stereocenters. The molecule has 0 aliphatic rings. The molecular formula is C21H18N2O2S. The first-order chi connectivity index (χ1) is 12.6. The number of fused-ring (bicyclic) bond motifs is 1. The minimum absolute atomic E-state index is 0.172. The number of carbonyl (C=O) groups is 1. The van der Waals surface area contributed by atoms with E-state index in [1.807, 2.05) is 67.8 Å². The van der Waals surface area contributed by atoms with Gasteiger partial charge in [0, 0.05) is 22.0 Å². The van der Waals surface area contributed by atoms with Gasteiger partial charge in [-0.2, -0.15) is 0 Å². The molecule has 0 fully saturated rings. The van der Waals surface area contributed by atoms with E-state index in [4.69, 9.17) is 4.42 Å². The zero-order valence-corrected chi connectivity index (χ0v) is 15.4. The molecule has 0 bridgehead atoms. The lowest BCUT2D eigenvalue weighted by molar-refractivity contribution is 0.0959. The number of hydrogen-bond acceptors (Lipinski definition) is 4. The smallest absolute Gasteiger partial charge is 0.295 e. The lowest BCUT2D eigenvalue weighted by atomic mass is 10.1. The monoisotopic (exact) mass is 362 g/mol. The number of aromatic nitrogens is 1. The Hall–Kier alpha value is -2.92. The van der Waals surface area contributed by atoms with Crippen molar-refractivity contribution in [3.05, 3.63) is 81.9 Å². The second-order valence-electron chi connectivity index (χ2n) is 6.17. The summed E-state index contributed by atoms with van der Waals surface area (Å²) in [6.07, 6.45) is 1.71. The molecule has 4 rings (SSSR count). The summed E-state index contributed by atoms with van der Waals surface area (Å²) in [5, 5.41) is 2.97. The summed E-state index contributed by atoms with van der Waals surface area (Å²) in [5.74, 6) is 0.854. The quantitative estimate of drug-likeness (QED) is 0.491. The molecule has 3 aromatic heterocycles. The highest BCUT2D eigenvalue weighted by molar-refractivity contribution is 7.09. The molecule has 1 aromatic carbocycles. The molecule has 4 nitrogen and oxygen atoms in total. The van der Waals surface area contributed by atoms with Crippen molar-refractivity contribution < 1.29 is 9.21 Å². The van der Waals surface area contributed by atoms with E-state index >= 15 is 0 Å². The Kier molecular flexibility index (Phi) is 4.31. The van der Waals surface area contributed by atoms with Gasteiger partial charge >= 0.3 is 0 Å². The Morgan fingerprint density at radius 2 is 1.96 bits per heavy atom. The third-order valence-electron chi connectivity index (χ3n) is 4.41. The SMILES string of the molecule is Cc1cccnc1N(Cc1cccs1)C(=O)c1oc2ccccc2c1C. The normalized spacial score (nSPS) is 11.0. The minimum atomic E-state index is -0.172. The van der Waals surface area contributed by atoms with E-state index in [-0.39, 0.29) is 5.91 Å². The Morgan fingerprint density at radius 3 is 2.69 bits per heavy atom. The van der Waals surface area contributed by atoms with E-state index in [0.717, 1.165) is 27.0 Å². The van der Waals surface area contributed by atoms with E-state index in [2.05, 4.69) is 4.98 Å². The first-order valence-corrected chi connectivity index (χ1v) is 9.27. The van der Waals surface area contributed by atoms with Crippen molar-refractivity contribution in [1.29, 1.82) is 0 Å². The number of benzene rings is 1. The van der Waals surface area contributed by atoms with Crippen molar-refractivity contribution in [1.82, 2.24) is 4.98 Å². The van der Waals surface area contributed by atoms with Crippen molar-refractivity contribution in [2.45, 2.75) is 20.4 Å². The molecule has 0 radical (unpaired) electrons. The summed E-state index contributed by atoms with van der Waals surface area (Å²) >= 11 is 1.62. The van der Waals surface area contributed by atoms with Crippen molar-refractivity contribution in [3.8, 4) is 0 Å². The Balaban J connectivity index is 1.81. The molecule has 5 heteroatoms. The molecule has 26 heavy (non-hydrogen) atoms. The fourth-order valence-corrected chi connectivity index (χ4v) is 3.75. The average Bonchev–Trinajstić information content (AvgIpc) is 3.28. The summed E-state index contributed by atoms with van der Waals surface area (Å²) in [4.78, 5) is 20.7. The van der Waals surface area contributed by atoms with Crippen molar-refractivity contribution >= 4 is 34.0 Å². The molecule has 130 valence electrons. The Bertz CT molecular complexity index is 1070. The summed E-state index contributed by atoms with van der Waals surface area (Å²) in [6, 6.07) is 15.6. The van der Waals surface area contributed by atoms with Crippen LogP contribution in [-0.2, 0) is 6.54 Å². The highest BCUT2D eigenvalue weighted by Gasteiger charge is 2.26. The van der Waals surface area contributed by atoms with Gasteiger partial charge in [-0.1, -0.05) is 30.3 Å². The fourth-order valence-electron chi connectivity index (χ4n) is 3.06. The number of pyridine rings is 1. The lowest BCUT2D eigenvalue weighted by Crippen LogP contribution is -2.31. The van der Waals surface area contributed by atoms with E-state index < -0.39 is 0 Å². The number of carbonyl (C=O) groups excluding carboxylic acids is 1. The number of furan rings is 1. The average molecular weight is 362 g/mol. The van der Waals surface area contributed by atoms with Gasteiger partial charge in [-0.15, -0.1) is 11.3 Å².